The van der Waals surface area contributed by atoms with Crippen LogP contribution in [-0.4, -0.2) is 40.2 Å². The molecular weight excluding hydrogens is 376 g/mol. The Morgan fingerprint density at radius 2 is 1.79 bits per heavy atom. The molecule has 3 aromatic rings. The zero-order valence-electron chi connectivity index (χ0n) is 16.5. The van der Waals surface area contributed by atoms with Crippen LogP contribution in [0.1, 0.15) is 25.3 Å². The van der Waals surface area contributed by atoms with Gasteiger partial charge in [-0.25, -0.2) is 9.97 Å². The van der Waals surface area contributed by atoms with Gasteiger partial charge in [0.2, 0.25) is 5.95 Å². The van der Waals surface area contributed by atoms with Gasteiger partial charge in [-0.1, -0.05) is 0 Å². The number of pyridine rings is 1. The molecular formula is C21H25ClN4O2. The summed E-state index contributed by atoms with van der Waals surface area (Å²) in [4.78, 5) is 16.1. The second-order valence-electron chi connectivity index (χ2n) is 7.17. The van der Waals surface area contributed by atoms with E-state index in [1.54, 1.807) is 6.26 Å². The molecule has 6 nitrogen and oxygen atoms in total. The summed E-state index contributed by atoms with van der Waals surface area (Å²) in [5.41, 5.74) is 4.85. The predicted molar refractivity (Wildman–Crippen MR) is 112 cm³/mol. The maximum absolute atomic E-state index is 5.85. The minimum absolute atomic E-state index is 0. The third kappa shape index (κ3) is 4.03. The standard InChI is InChI=1S/C21H24N4O2.ClH/c1-13-9-17(5-7-22-13)19-10-23-21(25-11-14(2)27-15(3)12-25)24-20(19)18-6-8-26-16(18)4;/h5-10,14-15H,11-12H2,1-4H3;1H/t14-,15-;/m1./s1. The van der Waals surface area contributed by atoms with Gasteiger partial charge in [-0.2, -0.15) is 0 Å². The molecule has 4 rings (SSSR count). The fourth-order valence-electron chi connectivity index (χ4n) is 3.63. The summed E-state index contributed by atoms with van der Waals surface area (Å²) in [7, 11) is 0. The molecule has 7 heteroatoms. The molecule has 1 fully saturated rings. The molecule has 0 radical (unpaired) electrons. The first-order valence-electron chi connectivity index (χ1n) is 9.26. The summed E-state index contributed by atoms with van der Waals surface area (Å²) in [6, 6.07) is 6.00. The number of aryl methyl sites for hydroxylation is 2. The van der Waals surface area contributed by atoms with E-state index in [0.717, 1.165) is 52.9 Å². The molecule has 0 aliphatic carbocycles. The Morgan fingerprint density at radius 3 is 2.43 bits per heavy atom. The Morgan fingerprint density at radius 1 is 1.04 bits per heavy atom. The first-order valence-corrected chi connectivity index (χ1v) is 9.26. The lowest BCUT2D eigenvalue weighted by atomic mass is 10.0. The third-order valence-electron chi connectivity index (χ3n) is 4.80. The van der Waals surface area contributed by atoms with Crippen LogP contribution in [0.25, 0.3) is 22.4 Å². The summed E-state index contributed by atoms with van der Waals surface area (Å²) in [6.45, 7) is 9.66. The maximum atomic E-state index is 5.85. The summed E-state index contributed by atoms with van der Waals surface area (Å²) in [5.74, 6) is 1.57. The van der Waals surface area contributed by atoms with Crippen LogP contribution in [0.15, 0.2) is 41.3 Å². The number of halogens is 1. The van der Waals surface area contributed by atoms with E-state index in [1.165, 1.54) is 0 Å². The van der Waals surface area contributed by atoms with Crippen molar-refractivity contribution in [1.29, 1.82) is 0 Å². The summed E-state index contributed by atoms with van der Waals surface area (Å²) in [6.07, 6.45) is 5.73. The van der Waals surface area contributed by atoms with Crippen molar-refractivity contribution in [3.8, 4) is 22.4 Å². The summed E-state index contributed by atoms with van der Waals surface area (Å²) >= 11 is 0. The van der Waals surface area contributed by atoms with E-state index in [2.05, 4.69) is 34.8 Å². The molecule has 2 atom stereocenters. The molecule has 0 aromatic carbocycles. The van der Waals surface area contributed by atoms with Gasteiger partial charge in [-0.3, -0.25) is 4.98 Å². The highest BCUT2D eigenvalue weighted by atomic mass is 35.5. The van der Waals surface area contributed by atoms with Crippen molar-refractivity contribution in [2.45, 2.75) is 39.9 Å². The van der Waals surface area contributed by atoms with E-state index >= 15 is 0 Å². The monoisotopic (exact) mass is 400 g/mol. The van der Waals surface area contributed by atoms with Crippen molar-refractivity contribution in [1.82, 2.24) is 15.0 Å². The van der Waals surface area contributed by atoms with Gasteiger partial charge in [0.05, 0.1) is 24.2 Å². The Labute approximate surface area is 171 Å². The number of morpholine rings is 1. The molecule has 0 unspecified atom stereocenters. The number of ether oxygens (including phenoxy) is 1. The predicted octanol–water partition coefficient (Wildman–Crippen LogP) is 4.45. The first kappa shape index (κ1) is 20.3. The molecule has 0 amide bonds. The first-order chi connectivity index (χ1) is 13.0. The highest BCUT2D eigenvalue weighted by Crippen LogP contribution is 2.34. The van der Waals surface area contributed by atoms with Crippen LogP contribution in [0.5, 0.6) is 0 Å². The van der Waals surface area contributed by atoms with Crippen LogP contribution in [0, 0.1) is 13.8 Å². The quantitative estimate of drug-likeness (QED) is 0.647. The lowest BCUT2D eigenvalue weighted by Gasteiger charge is -2.35. The second-order valence-corrected chi connectivity index (χ2v) is 7.17. The Bertz CT molecular complexity index is 949. The SMILES string of the molecule is Cc1cc(-c2cnc(N3C[C@@H](C)O[C@H](C)C3)nc2-c2ccoc2C)ccn1.Cl. The molecule has 28 heavy (non-hydrogen) atoms. The molecule has 4 heterocycles. The molecule has 0 spiro atoms. The van der Waals surface area contributed by atoms with Gasteiger partial charge >= 0.3 is 0 Å². The molecule has 0 N–H and O–H groups in total. The Balaban J connectivity index is 0.00000225. The van der Waals surface area contributed by atoms with Crippen molar-refractivity contribution in [2.75, 3.05) is 18.0 Å². The van der Waals surface area contributed by atoms with Crippen LogP contribution in [-0.2, 0) is 4.74 Å². The van der Waals surface area contributed by atoms with Gasteiger partial charge in [0.1, 0.15) is 5.76 Å². The van der Waals surface area contributed by atoms with E-state index in [-0.39, 0.29) is 24.6 Å². The average Bonchev–Trinajstić information content (AvgIpc) is 3.06. The minimum Gasteiger partial charge on any atom is -0.469 e. The highest BCUT2D eigenvalue weighted by molar-refractivity contribution is 5.85. The normalized spacial score (nSPS) is 19.4. The van der Waals surface area contributed by atoms with E-state index in [9.17, 15) is 0 Å². The molecule has 1 saturated heterocycles. The number of rotatable bonds is 3. The van der Waals surface area contributed by atoms with E-state index in [1.807, 2.05) is 38.4 Å². The molecule has 1 aliphatic rings. The van der Waals surface area contributed by atoms with E-state index in [0.29, 0.717) is 0 Å². The fourth-order valence-corrected chi connectivity index (χ4v) is 3.63. The van der Waals surface area contributed by atoms with Crippen molar-refractivity contribution in [3.63, 3.8) is 0 Å². The smallest absolute Gasteiger partial charge is 0.226 e. The van der Waals surface area contributed by atoms with Crippen LogP contribution in [0.3, 0.4) is 0 Å². The number of furan rings is 1. The number of nitrogens with zero attached hydrogens (tertiary/aromatic N) is 4. The largest absolute Gasteiger partial charge is 0.469 e. The summed E-state index contributed by atoms with van der Waals surface area (Å²) < 4.78 is 11.4. The van der Waals surface area contributed by atoms with Gasteiger partial charge in [0.15, 0.2) is 0 Å². The van der Waals surface area contributed by atoms with Gasteiger partial charge in [-0.05, 0) is 51.5 Å². The van der Waals surface area contributed by atoms with Crippen LogP contribution < -0.4 is 4.90 Å². The van der Waals surface area contributed by atoms with Crippen molar-refractivity contribution >= 4 is 18.4 Å². The topological polar surface area (TPSA) is 64.3 Å². The number of anilines is 1. The molecule has 0 bridgehead atoms. The zero-order valence-corrected chi connectivity index (χ0v) is 17.4. The lowest BCUT2D eigenvalue weighted by molar-refractivity contribution is -0.00571. The zero-order chi connectivity index (χ0) is 19.0. The Hall–Kier alpha value is -2.44. The van der Waals surface area contributed by atoms with E-state index in [4.69, 9.17) is 14.1 Å². The maximum Gasteiger partial charge on any atom is 0.226 e. The number of hydrogen-bond acceptors (Lipinski definition) is 6. The van der Waals surface area contributed by atoms with Gasteiger partial charge in [0, 0.05) is 42.3 Å². The number of hydrogen-bond donors (Lipinski definition) is 0. The minimum atomic E-state index is 0. The third-order valence-corrected chi connectivity index (χ3v) is 4.80. The fraction of sp³-hybridized carbons (Fsp3) is 0.381. The van der Waals surface area contributed by atoms with Crippen molar-refractivity contribution in [3.05, 3.63) is 48.3 Å². The van der Waals surface area contributed by atoms with Gasteiger partial charge < -0.3 is 14.1 Å². The molecule has 0 saturated carbocycles. The van der Waals surface area contributed by atoms with Crippen LogP contribution in [0.4, 0.5) is 5.95 Å². The Kier molecular flexibility index (Phi) is 6.01. The molecule has 148 valence electrons. The van der Waals surface area contributed by atoms with Crippen molar-refractivity contribution < 1.29 is 9.15 Å². The highest BCUT2D eigenvalue weighted by Gasteiger charge is 2.25. The lowest BCUT2D eigenvalue weighted by Crippen LogP contribution is -2.46. The molecule has 1 aliphatic heterocycles. The number of aromatic nitrogens is 3. The van der Waals surface area contributed by atoms with Crippen LogP contribution in [0.2, 0.25) is 0 Å². The second kappa shape index (κ2) is 8.29. The summed E-state index contributed by atoms with van der Waals surface area (Å²) in [5, 5.41) is 0. The van der Waals surface area contributed by atoms with E-state index < -0.39 is 0 Å². The van der Waals surface area contributed by atoms with Crippen molar-refractivity contribution in [2.24, 2.45) is 0 Å². The van der Waals surface area contributed by atoms with Gasteiger partial charge in [0.25, 0.3) is 0 Å². The van der Waals surface area contributed by atoms with Gasteiger partial charge in [-0.15, -0.1) is 12.4 Å². The average molecular weight is 401 g/mol. The molecule has 3 aromatic heterocycles. The van der Waals surface area contributed by atoms with Crippen LogP contribution >= 0.6 is 12.4 Å².